The molecule has 0 N–H and O–H groups in total. The third-order valence-electron chi connectivity index (χ3n) is 3.23. The number of ether oxygens (including phenoxy) is 1. The van der Waals surface area contributed by atoms with Crippen LogP contribution < -0.4 is 0 Å². The normalized spacial score (nSPS) is 11.6. The largest absolute Gasteiger partial charge is 0.463 e. The number of esters is 1. The summed E-state index contributed by atoms with van der Waals surface area (Å²) >= 11 is 0. The fraction of sp³-hybridized carbons (Fsp3) is 0.222. The highest BCUT2D eigenvalue weighted by Gasteiger charge is 2.29. The Morgan fingerprint density at radius 2 is 1.92 bits per heavy atom. The van der Waals surface area contributed by atoms with Crippen LogP contribution in [0.4, 0.5) is 13.2 Å². The smallest absolute Gasteiger partial charge is 0.416 e. The minimum absolute atomic E-state index is 0.269. The number of benzene rings is 1. The topological polar surface area (TPSA) is 39.2 Å². The van der Waals surface area contributed by atoms with Crippen molar-refractivity contribution in [3.05, 3.63) is 71.6 Å². The zero-order chi connectivity index (χ0) is 17.4. The Labute approximate surface area is 137 Å². The average molecular weight is 335 g/mol. The first-order chi connectivity index (χ1) is 11.4. The average Bonchev–Trinajstić information content (AvgIpc) is 2.57. The predicted molar refractivity (Wildman–Crippen MR) is 84.0 cm³/mol. The molecule has 0 aliphatic rings. The number of aromatic nitrogens is 1. The molecule has 0 saturated carbocycles. The van der Waals surface area contributed by atoms with Crippen LogP contribution in [-0.4, -0.2) is 17.6 Å². The number of nitrogens with zero attached hydrogens (tertiary/aromatic N) is 1. The van der Waals surface area contributed by atoms with Gasteiger partial charge in [-0.3, -0.25) is 4.98 Å². The van der Waals surface area contributed by atoms with Crippen molar-refractivity contribution in [3.8, 4) is 0 Å². The predicted octanol–water partition coefficient (Wildman–Crippen LogP) is 4.29. The van der Waals surface area contributed by atoms with Crippen LogP contribution in [0.1, 0.15) is 23.1 Å². The number of aryl methyl sites for hydroxylation is 1. The van der Waals surface area contributed by atoms with Crippen LogP contribution in [-0.2, 0) is 22.1 Å². The van der Waals surface area contributed by atoms with Crippen LogP contribution in [0.2, 0.25) is 0 Å². The molecule has 0 radical (unpaired) electrons. The van der Waals surface area contributed by atoms with Crippen molar-refractivity contribution >= 4 is 12.0 Å². The second-order valence-electron chi connectivity index (χ2n) is 5.09. The Kier molecular flexibility index (Phi) is 6.12. The molecule has 1 aromatic heterocycles. The van der Waals surface area contributed by atoms with E-state index in [9.17, 15) is 18.0 Å². The number of halogens is 3. The molecule has 1 aromatic carbocycles. The van der Waals surface area contributed by atoms with Crippen LogP contribution in [0.15, 0.2) is 54.9 Å². The maximum absolute atomic E-state index is 12.4. The quantitative estimate of drug-likeness (QED) is 0.449. The van der Waals surface area contributed by atoms with E-state index < -0.39 is 17.7 Å². The number of hydrogen-bond acceptors (Lipinski definition) is 3. The molecule has 6 heteroatoms. The van der Waals surface area contributed by atoms with Gasteiger partial charge >= 0.3 is 12.1 Å². The van der Waals surface area contributed by atoms with Crippen LogP contribution in [0.3, 0.4) is 0 Å². The SMILES string of the molecule is O=C(/C=C/c1ccc(C(F)(F)F)cc1)OCCCc1cccnc1. The molecule has 0 spiro atoms. The summed E-state index contributed by atoms with van der Waals surface area (Å²) in [6, 6.07) is 8.33. The lowest BCUT2D eigenvalue weighted by molar-refractivity contribution is -0.138. The van der Waals surface area contributed by atoms with Crippen LogP contribution in [0, 0.1) is 0 Å². The molecule has 0 fully saturated rings. The maximum atomic E-state index is 12.4. The summed E-state index contributed by atoms with van der Waals surface area (Å²) < 4.78 is 42.3. The van der Waals surface area contributed by atoms with E-state index in [-0.39, 0.29) is 6.61 Å². The molecular weight excluding hydrogens is 319 g/mol. The lowest BCUT2D eigenvalue weighted by Crippen LogP contribution is -2.04. The summed E-state index contributed by atoms with van der Waals surface area (Å²) in [6.07, 6.45) is 3.13. The van der Waals surface area contributed by atoms with Crippen molar-refractivity contribution in [2.75, 3.05) is 6.61 Å². The summed E-state index contributed by atoms with van der Waals surface area (Å²) in [5, 5.41) is 0. The van der Waals surface area contributed by atoms with E-state index in [2.05, 4.69) is 4.98 Å². The molecule has 24 heavy (non-hydrogen) atoms. The molecular formula is C18H16F3NO2. The second-order valence-corrected chi connectivity index (χ2v) is 5.09. The van der Waals surface area contributed by atoms with E-state index in [1.54, 1.807) is 12.4 Å². The lowest BCUT2D eigenvalue weighted by Gasteiger charge is -2.06. The Morgan fingerprint density at radius 1 is 1.17 bits per heavy atom. The highest BCUT2D eigenvalue weighted by molar-refractivity contribution is 5.87. The summed E-state index contributed by atoms with van der Waals surface area (Å²) in [6.45, 7) is 0.269. The van der Waals surface area contributed by atoms with Gasteiger partial charge in [0.25, 0.3) is 0 Å². The van der Waals surface area contributed by atoms with Gasteiger partial charge in [0, 0.05) is 18.5 Å². The number of carbonyl (C=O) groups excluding carboxylic acids is 1. The Hall–Kier alpha value is -2.63. The van der Waals surface area contributed by atoms with Gasteiger partial charge in [-0.05, 0) is 48.2 Å². The fourth-order valence-corrected chi connectivity index (χ4v) is 1.99. The molecule has 0 atom stereocenters. The molecule has 3 nitrogen and oxygen atoms in total. The fourth-order valence-electron chi connectivity index (χ4n) is 1.99. The van der Waals surface area contributed by atoms with Gasteiger partial charge in [0.2, 0.25) is 0 Å². The minimum Gasteiger partial charge on any atom is -0.463 e. The Bertz CT molecular complexity index is 680. The van der Waals surface area contributed by atoms with Gasteiger partial charge in [-0.2, -0.15) is 13.2 Å². The monoisotopic (exact) mass is 335 g/mol. The van der Waals surface area contributed by atoms with Gasteiger partial charge in [-0.25, -0.2) is 4.79 Å². The standard InChI is InChI=1S/C18H16F3NO2/c19-18(20,21)16-8-5-14(6-9-16)7-10-17(23)24-12-2-4-15-3-1-11-22-13-15/h1,3,5-11,13H,2,4,12H2/b10-7+. The van der Waals surface area contributed by atoms with Gasteiger partial charge in [-0.1, -0.05) is 18.2 Å². The molecule has 0 amide bonds. The number of carbonyl (C=O) groups is 1. The minimum atomic E-state index is -4.37. The van der Waals surface area contributed by atoms with E-state index in [4.69, 9.17) is 4.74 Å². The van der Waals surface area contributed by atoms with Crippen molar-refractivity contribution in [2.24, 2.45) is 0 Å². The van der Waals surface area contributed by atoms with Crippen molar-refractivity contribution in [1.82, 2.24) is 4.98 Å². The molecule has 2 rings (SSSR count). The molecule has 0 aliphatic heterocycles. The van der Waals surface area contributed by atoms with E-state index >= 15 is 0 Å². The van der Waals surface area contributed by atoms with Crippen molar-refractivity contribution < 1.29 is 22.7 Å². The zero-order valence-electron chi connectivity index (χ0n) is 12.8. The molecule has 0 saturated heterocycles. The molecule has 0 unspecified atom stereocenters. The highest BCUT2D eigenvalue weighted by Crippen LogP contribution is 2.29. The molecule has 1 heterocycles. The second kappa shape index (κ2) is 8.29. The van der Waals surface area contributed by atoms with Gasteiger partial charge in [-0.15, -0.1) is 0 Å². The van der Waals surface area contributed by atoms with Gasteiger partial charge in [0.1, 0.15) is 0 Å². The number of rotatable bonds is 6. The van der Waals surface area contributed by atoms with Crippen LogP contribution >= 0.6 is 0 Å². The first kappa shape index (κ1) is 17.7. The maximum Gasteiger partial charge on any atom is 0.416 e. The first-order valence-electron chi connectivity index (χ1n) is 7.36. The van der Waals surface area contributed by atoms with Crippen LogP contribution in [0.5, 0.6) is 0 Å². The summed E-state index contributed by atoms with van der Waals surface area (Å²) in [7, 11) is 0. The molecule has 0 aliphatic carbocycles. The lowest BCUT2D eigenvalue weighted by atomic mass is 10.1. The van der Waals surface area contributed by atoms with E-state index in [1.165, 1.54) is 24.3 Å². The Morgan fingerprint density at radius 3 is 2.54 bits per heavy atom. The highest BCUT2D eigenvalue weighted by atomic mass is 19.4. The number of hydrogen-bond donors (Lipinski definition) is 0. The van der Waals surface area contributed by atoms with E-state index in [1.807, 2.05) is 12.1 Å². The zero-order valence-corrected chi connectivity index (χ0v) is 12.8. The molecule has 0 bridgehead atoms. The van der Waals surface area contributed by atoms with E-state index in [0.717, 1.165) is 24.1 Å². The van der Waals surface area contributed by atoms with Crippen molar-refractivity contribution in [1.29, 1.82) is 0 Å². The van der Waals surface area contributed by atoms with Gasteiger partial charge in [0.15, 0.2) is 0 Å². The number of alkyl halides is 3. The third-order valence-corrected chi connectivity index (χ3v) is 3.23. The van der Waals surface area contributed by atoms with E-state index in [0.29, 0.717) is 12.0 Å². The van der Waals surface area contributed by atoms with Crippen molar-refractivity contribution in [3.63, 3.8) is 0 Å². The van der Waals surface area contributed by atoms with Gasteiger partial charge in [0.05, 0.1) is 12.2 Å². The third kappa shape index (κ3) is 5.87. The molecule has 126 valence electrons. The first-order valence-corrected chi connectivity index (χ1v) is 7.36. The summed E-state index contributed by atoms with van der Waals surface area (Å²) in [4.78, 5) is 15.5. The Balaban J connectivity index is 1.74. The summed E-state index contributed by atoms with van der Waals surface area (Å²) in [5.41, 5.74) is 0.835. The summed E-state index contributed by atoms with van der Waals surface area (Å²) in [5.74, 6) is -0.527. The van der Waals surface area contributed by atoms with Crippen LogP contribution in [0.25, 0.3) is 6.08 Å². The molecule has 2 aromatic rings. The van der Waals surface area contributed by atoms with Gasteiger partial charge < -0.3 is 4.74 Å². The van der Waals surface area contributed by atoms with Crippen molar-refractivity contribution in [2.45, 2.75) is 19.0 Å². The number of pyridine rings is 1.